The van der Waals surface area contributed by atoms with Crippen LogP contribution in [0.15, 0.2) is 4.79 Å². The largest absolute Gasteiger partial charge is 0.309 e. The second-order valence-electron chi connectivity index (χ2n) is 5.32. The van der Waals surface area contributed by atoms with Gasteiger partial charge in [0.05, 0.1) is 11.9 Å². The fraction of sp³-hybridized carbons (Fsp3) is 0.571. The molecule has 7 heteroatoms. The van der Waals surface area contributed by atoms with Crippen molar-refractivity contribution in [2.45, 2.75) is 39.8 Å². The molecule has 2 N–H and O–H groups in total. The number of thiophene rings is 1. The third kappa shape index (κ3) is 3.99. The number of hydrogen-bond acceptors (Lipinski definition) is 5. The summed E-state index contributed by atoms with van der Waals surface area (Å²) in [4.78, 5) is 21.4. The highest BCUT2D eigenvalue weighted by molar-refractivity contribution is 7.84. The van der Waals surface area contributed by atoms with Gasteiger partial charge in [-0.1, -0.05) is 0 Å². The molecule has 2 aromatic rings. The van der Waals surface area contributed by atoms with Crippen LogP contribution in [0.2, 0.25) is 0 Å². The van der Waals surface area contributed by atoms with Crippen molar-refractivity contribution < 1.29 is 4.21 Å². The molecule has 2 rings (SSSR count). The molecule has 5 nitrogen and oxygen atoms in total. The van der Waals surface area contributed by atoms with Gasteiger partial charge in [0.2, 0.25) is 0 Å². The van der Waals surface area contributed by atoms with Gasteiger partial charge in [0.15, 0.2) is 0 Å². The van der Waals surface area contributed by atoms with Crippen molar-refractivity contribution >= 4 is 32.4 Å². The summed E-state index contributed by atoms with van der Waals surface area (Å²) in [5, 5.41) is 4.01. The van der Waals surface area contributed by atoms with Crippen LogP contribution in [-0.2, 0) is 17.3 Å². The predicted molar refractivity (Wildman–Crippen MR) is 89.6 cm³/mol. The van der Waals surface area contributed by atoms with Crippen LogP contribution in [0.1, 0.15) is 29.6 Å². The molecule has 2 heterocycles. The Bertz CT molecular complexity index is 721. The molecular formula is C14H21N3O2S2. The Morgan fingerprint density at radius 3 is 2.81 bits per heavy atom. The molecule has 0 aromatic carbocycles. The second kappa shape index (κ2) is 6.81. The molecule has 0 spiro atoms. The highest BCUT2D eigenvalue weighted by atomic mass is 32.2. The lowest BCUT2D eigenvalue weighted by atomic mass is 10.2. The van der Waals surface area contributed by atoms with Crippen LogP contribution < -0.4 is 10.9 Å². The van der Waals surface area contributed by atoms with E-state index in [-0.39, 0.29) is 11.6 Å². The molecule has 0 aliphatic heterocycles. The van der Waals surface area contributed by atoms with Crippen molar-refractivity contribution in [1.82, 2.24) is 15.3 Å². The Morgan fingerprint density at radius 2 is 2.14 bits per heavy atom. The van der Waals surface area contributed by atoms with Crippen LogP contribution >= 0.6 is 11.3 Å². The summed E-state index contributed by atoms with van der Waals surface area (Å²) < 4.78 is 11.1. The molecule has 116 valence electrons. The minimum absolute atomic E-state index is 0.0686. The average Bonchev–Trinajstić information content (AvgIpc) is 2.69. The van der Waals surface area contributed by atoms with E-state index in [1.807, 2.05) is 20.8 Å². The van der Waals surface area contributed by atoms with Crippen molar-refractivity contribution in [3.8, 4) is 0 Å². The van der Waals surface area contributed by atoms with Crippen molar-refractivity contribution in [2.75, 3.05) is 12.0 Å². The third-order valence-electron chi connectivity index (χ3n) is 3.54. The fourth-order valence-electron chi connectivity index (χ4n) is 2.10. The van der Waals surface area contributed by atoms with E-state index in [1.165, 1.54) is 0 Å². The first-order chi connectivity index (χ1) is 9.88. The number of nitrogens with zero attached hydrogens (tertiary/aromatic N) is 1. The maximum absolute atomic E-state index is 12.1. The van der Waals surface area contributed by atoms with Gasteiger partial charge in [0, 0.05) is 33.7 Å². The lowest BCUT2D eigenvalue weighted by molar-refractivity contribution is 0.524. The van der Waals surface area contributed by atoms with Crippen LogP contribution in [0.25, 0.3) is 10.2 Å². The highest BCUT2D eigenvalue weighted by Crippen LogP contribution is 2.25. The summed E-state index contributed by atoms with van der Waals surface area (Å²) in [6.45, 7) is 6.52. The molecule has 0 aliphatic rings. The summed E-state index contributed by atoms with van der Waals surface area (Å²) >= 11 is 1.56. The summed E-state index contributed by atoms with van der Waals surface area (Å²) in [5.41, 5.74) is 0.947. The number of H-pyrrole nitrogens is 1. The maximum atomic E-state index is 12.1. The molecule has 0 bridgehead atoms. The topological polar surface area (TPSA) is 74.8 Å². The molecule has 0 saturated carbocycles. The highest BCUT2D eigenvalue weighted by Gasteiger charge is 2.12. The molecule has 0 radical (unpaired) electrons. The average molecular weight is 327 g/mol. The zero-order valence-corrected chi connectivity index (χ0v) is 14.4. The Morgan fingerprint density at radius 1 is 1.43 bits per heavy atom. The fourth-order valence-corrected chi connectivity index (χ4v) is 3.83. The van der Waals surface area contributed by atoms with Gasteiger partial charge in [0.25, 0.3) is 5.56 Å². The predicted octanol–water partition coefficient (Wildman–Crippen LogP) is 1.85. The van der Waals surface area contributed by atoms with Crippen LogP contribution in [-0.4, -0.2) is 32.2 Å². The van der Waals surface area contributed by atoms with E-state index in [0.29, 0.717) is 23.5 Å². The molecular weight excluding hydrogens is 306 g/mol. The summed E-state index contributed by atoms with van der Waals surface area (Å²) in [5.74, 6) is 1.33. The smallest absolute Gasteiger partial charge is 0.259 e. The van der Waals surface area contributed by atoms with Gasteiger partial charge in [-0.3, -0.25) is 9.00 Å². The number of aromatic nitrogens is 2. The molecule has 21 heavy (non-hydrogen) atoms. The molecule has 0 amide bonds. The monoisotopic (exact) mass is 327 g/mol. The van der Waals surface area contributed by atoms with Crippen molar-refractivity contribution in [3.63, 3.8) is 0 Å². The summed E-state index contributed by atoms with van der Waals surface area (Å²) in [6, 6.07) is 0.238. The van der Waals surface area contributed by atoms with Gasteiger partial charge in [-0.2, -0.15) is 0 Å². The minimum atomic E-state index is -0.768. The van der Waals surface area contributed by atoms with Gasteiger partial charge in [-0.15, -0.1) is 11.3 Å². The number of rotatable bonds is 6. The SMILES string of the molecule is Cc1sc2nc(CNC(C)CCS(C)=O)[nH]c(=O)c2c1C. The maximum Gasteiger partial charge on any atom is 0.259 e. The Hall–Kier alpha value is -1.05. The van der Waals surface area contributed by atoms with E-state index in [2.05, 4.69) is 15.3 Å². The van der Waals surface area contributed by atoms with Crippen LogP contribution in [0.3, 0.4) is 0 Å². The number of aryl methyl sites for hydroxylation is 2. The van der Waals surface area contributed by atoms with Gasteiger partial charge in [-0.05, 0) is 32.8 Å². The lowest BCUT2D eigenvalue weighted by Gasteiger charge is -2.12. The van der Waals surface area contributed by atoms with Gasteiger partial charge in [0.1, 0.15) is 10.7 Å². The lowest BCUT2D eigenvalue weighted by Crippen LogP contribution is -2.28. The zero-order chi connectivity index (χ0) is 15.6. The molecule has 2 aromatic heterocycles. The first kappa shape index (κ1) is 16.3. The molecule has 0 fully saturated rings. The normalized spacial score (nSPS) is 14.5. The Balaban J connectivity index is 2.09. The zero-order valence-electron chi connectivity index (χ0n) is 12.8. The van der Waals surface area contributed by atoms with Crippen molar-refractivity contribution in [2.24, 2.45) is 0 Å². The number of aromatic amines is 1. The van der Waals surface area contributed by atoms with Crippen LogP contribution in [0, 0.1) is 13.8 Å². The minimum Gasteiger partial charge on any atom is -0.309 e. The van der Waals surface area contributed by atoms with E-state index in [0.717, 1.165) is 21.7 Å². The molecule has 2 unspecified atom stereocenters. The van der Waals surface area contributed by atoms with Gasteiger partial charge < -0.3 is 10.3 Å². The second-order valence-corrected chi connectivity index (χ2v) is 8.08. The summed E-state index contributed by atoms with van der Waals surface area (Å²) in [7, 11) is -0.768. The Kier molecular flexibility index (Phi) is 5.29. The Labute approximate surface area is 130 Å². The van der Waals surface area contributed by atoms with E-state index >= 15 is 0 Å². The van der Waals surface area contributed by atoms with Gasteiger partial charge >= 0.3 is 0 Å². The van der Waals surface area contributed by atoms with E-state index in [9.17, 15) is 9.00 Å². The van der Waals surface area contributed by atoms with E-state index < -0.39 is 10.8 Å². The molecule has 0 saturated heterocycles. The number of fused-ring (bicyclic) bond motifs is 1. The van der Waals surface area contributed by atoms with Crippen molar-refractivity contribution in [3.05, 3.63) is 26.6 Å². The van der Waals surface area contributed by atoms with E-state index in [4.69, 9.17) is 0 Å². The number of hydrogen-bond donors (Lipinski definition) is 2. The molecule has 2 atom stereocenters. The third-order valence-corrected chi connectivity index (χ3v) is 5.46. The first-order valence-electron chi connectivity index (χ1n) is 6.90. The first-order valence-corrected chi connectivity index (χ1v) is 9.45. The molecule has 0 aliphatic carbocycles. The number of nitrogens with one attached hydrogen (secondary N) is 2. The van der Waals surface area contributed by atoms with Crippen LogP contribution in [0.5, 0.6) is 0 Å². The van der Waals surface area contributed by atoms with Crippen molar-refractivity contribution in [1.29, 1.82) is 0 Å². The van der Waals surface area contributed by atoms with E-state index in [1.54, 1.807) is 17.6 Å². The van der Waals surface area contributed by atoms with Gasteiger partial charge in [-0.25, -0.2) is 4.98 Å². The standard InChI is InChI=1S/C14H21N3O2S2/c1-8(5-6-21(4)19)15-7-11-16-13(18)12-9(2)10(3)20-14(12)17-11/h8,15H,5-7H2,1-4H3,(H,16,17,18). The van der Waals surface area contributed by atoms with Crippen LogP contribution in [0.4, 0.5) is 0 Å². The quantitative estimate of drug-likeness (QED) is 0.849. The summed E-state index contributed by atoms with van der Waals surface area (Å²) in [6.07, 6.45) is 2.55.